The van der Waals surface area contributed by atoms with E-state index in [1.54, 1.807) is 0 Å². The molecule has 0 heterocycles. The van der Waals surface area contributed by atoms with Crippen LogP contribution in [0.2, 0.25) is 0 Å². The molecule has 2 unspecified atom stereocenters. The van der Waals surface area contributed by atoms with Crippen molar-refractivity contribution in [1.29, 1.82) is 0 Å². The molecule has 2 rings (SSSR count). The molecule has 2 nitrogen and oxygen atoms in total. The third kappa shape index (κ3) is 4.80. The predicted molar refractivity (Wildman–Crippen MR) is 81.5 cm³/mol. The lowest BCUT2D eigenvalue weighted by atomic mass is 10.1. The number of rotatable bonds is 7. The highest BCUT2D eigenvalue weighted by atomic mass is 16.5. The Morgan fingerprint density at radius 1 is 0.850 bits per heavy atom. The molecule has 0 aromatic heterocycles. The van der Waals surface area contributed by atoms with Crippen molar-refractivity contribution in [3.8, 4) is 0 Å². The van der Waals surface area contributed by atoms with Crippen molar-refractivity contribution in [2.75, 3.05) is 6.61 Å². The summed E-state index contributed by atoms with van der Waals surface area (Å²) in [5.74, 6) is 0. The van der Waals surface area contributed by atoms with Crippen LogP contribution in [0, 0.1) is 0 Å². The Bertz CT molecular complexity index is 481. The van der Waals surface area contributed by atoms with Crippen LogP contribution in [-0.4, -0.2) is 12.7 Å². The molecule has 0 aliphatic rings. The lowest BCUT2D eigenvalue weighted by molar-refractivity contribution is -0.0466. The molecule has 2 aromatic carbocycles. The molecule has 0 aliphatic heterocycles. The first-order valence-electron chi connectivity index (χ1n) is 7.08. The fourth-order valence-electron chi connectivity index (χ4n) is 2.11. The third-order valence-electron chi connectivity index (χ3n) is 3.17. The average Bonchev–Trinajstić information content (AvgIpc) is 2.49. The van der Waals surface area contributed by atoms with Crippen LogP contribution in [0.4, 0.5) is 0 Å². The van der Waals surface area contributed by atoms with Gasteiger partial charge in [0.15, 0.2) is 0 Å². The largest absolute Gasteiger partial charge is 0.374 e. The van der Waals surface area contributed by atoms with Crippen LogP contribution < -0.4 is 0 Å². The molecule has 2 heteroatoms. The van der Waals surface area contributed by atoms with E-state index in [9.17, 15) is 0 Å². The minimum atomic E-state index is 0.0777. The van der Waals surface area contributed by atoms with Crippen LogP contribution in [-0.2, 0) is 16.1 Å². The maximum atomic E-state index is 5.95. The first kappa shape index (κ1) is 14.8. The van der Waals surface area contributed by atoms with Gasteiger partial charge >= 0.3 is 0 Å². The Morgan fingerprint density at radius 3 is 2.10 bits per heavy atom. The maximum Gasteiger partial charge on any atom is 0.0801 e. The average molecular weight is 270 g/mol. The van der Waals surface area contributed by atoms with E-state index in [1.165, 1.54) is 11.1 Å². The van der Waals surface area contributed by atoms with Gasteiger partial charge in [-0.1, -0.05) is 60.7 Å². The van der Waals surface area contributed by atoms with Gasteiger partial charge in [-0.3, -0.25) is 0 Å². The second-order valence-corrected chi connectivity index (χ2v) is 5.00. The highest BCUT2D eigenvalue weighted by molar-refractivity contribution is 5.17. The quantitative estimate of drug-likeness (QED) is 0.743. The SMILES string of the molecule is CC(COCc1ccccc1)OC(C)c1ccccc1. The molecule has 0 aliphatic carbocycles. The van der Waals surface area contributed by atoms with Gasteiger partial charge in [-0.25, -0.2) is 0 Å². The number of benzene rings is 2. The summed E-state index contributed by atoms with van der Waals surface area (Å²) >= 11 is 0. The Balaban J connectivity index is 1.71. The Labute approximate surface area is 121 Å². The van der Waals surface area contributed by atoms with Crippen molar-refractivity contribution in [2.24, 2.45) is 0 Å². The number of hydrogen-bond acceptors (Lipinski definition) is 2. The van der Waals surface area contributed by atoms with E-state index in [1.807, 2.05) is 43.3 Å². The topological polar surface area (TPSA) is 18.5 Å². The van der Waals surface area contributed by atoms with Gasteiger partial charge in [-0.15, -0.1) is 0 Å². The molecule has 0 fully saturated rings. The van der Waals surface area contributed by atoms with Crippen LogP contribution >= 0.6 is 0 Å². The molecule has 0 amide bonds. The fraction of sp³-hybridized carbons (Fsp3) is 0.333. The first-order valence-corrected chi connectivity index (χ1v) is 7.08. The van der Waals surface area contributed by atoms with Gasteiger partial charge in [0.1, 0.15) is 0 Å². The van der Waals surface area contributed by atoms with E-state index in [0.29, 0.717) is 13.2 Å². The highest BCUT2D eigenvalue weighted by Crippen LogP contribution is 2.18. The summed E-state index contributed by atoms with van der Waals surface area (Å²) < 4.78 is 11.6. The summed E-state index contributed by atoms with van der Waals surface area (Å²) in [4.78, 5) is 0. The Kier molecular flexibility index (Phi) is 5.78. The predicted octanol–water partition coefficient (Wildman–Crippen LogP) is 4.37. The van der Waals surface area contributed by atoms with Gasteiger partial charge in [0.25, 0.3) is 0 Å². The zero-order chi connectivity index (χ0) is 14.2. The molecule has 2 atom stereocenters. The summed E-state index contributed by atoms with van der Waals surface area (Å²) in [6.45, 7) is 5.35. The lowest BCUT2D eigenvalue weighted by Gasteiger charge is -2.19. The molecule has 106 valence electrons. The van der Waals surface area contributed by atoms with Gasteiger partial charge < -0.3 is 9.47 Å². The van der Waals surface area contributed by atoms with Gasteiger partial charge in [-0.05, 0) is 25.0 Å². The zero-order valence-electron chi connectivity index (χ0n) is 12.2. The Hall–Kier alpha value is -1.64. The molecule has 2 aromatic rings. The van der Waals surface area contributed by atoms with Gasteiger partial charge in [0.2, 0.25) is 0 Å². The lowest BCUT2D eigenvalue weighted by Crippen LogP contribution is -2.18. The summed E-state index contributed by atoms with van der Waals surface area (Å²) in [7, 11) is 0. The minimum Gasteiger partial charge on any atom is -0.374 e. The summed E-state index contributed by atoms with van der Waals surface area (Å²) in [6.07, 6.45) is 0.167. The second kappa shape index (κ2) is 7.83. The summed E-state index contributed by atoms with van der Waals surface area (Å²) in [5.41, 5.74) is 2.39. The van der Waals surface area contributed by atoms with Gasteiger partial charge in [0, 0.05) is 0 Å². The Morgan fingerprint density at radius 2 is 1.45 bits per heavy atom. The van der Waals surface area contributed by atoms with Crippen LogP contribution in [0.15, 0.2) is 60.7 Å². The van der Waals surface area contributed by atoms with Crippen LogP contribution in [0.25, 0.3) is 0 Å². The number of ether oxygens (including phenoxy) is 2. The van der Waals surface area contributed by atoms with Crippen LogP contribution in [0.5, 0.6) is 0 Å². The molecule has 0 bridgehead atoms. The van der Waals surface area contributed by atoms with Crippen molar-refractivity contribution in [3.05, 3.63) is 71.8 Å². The molecular weight excluding hydrogens is 248 g/mol. The molecule has 0 saturated carbocycles. The van der Waals surface area contributed by atoms with E-state index in [2.05, 4.69) is 31.2 Å². The van der Waals surface area contributed by atoms with E-state index >= 15 is 0 Å². The minimum absolute atomic E-state index is 0.0777. The van der Waals surface area contributed by atoms with Crippen molar-refractivity contribution in [2.45, 2.75) is 32.7 Å². The molecule has 0 radical (unpaired) electrons. The van der Waals surface area contributed by atoms with Gasteiger partial charge in [0.05, 0.1) is 25.4 Å². The van der Waals surface area contributed by atoms with Crippen molar-refractivity contribution in [1.82, 2.24) is 0 Å². The standard InChI is InChI=1S/C18H22O2/c1-15(13-19-14-17-9-5-3-6-10-17)20-16(2)18-11-7-4-8-12-18/h3-12,15-16H,13-14H2,1-2H3. The molecule has 0 spiro atoms. The van der Waals surface area contributed by atoms with E-state index in [0.717, 1.165) is 0 Å². The third-order valence-corrected chi connectivity index (χ3v) is 3.17. The summed E-state index contributed by atoms with van der Waals surface area (Å²) in [6, 6.07) is 20.4. The van der Waals surface area contributed by atoms with Crippen LogP contribution in [0.3, 0.4) is 0 Å². The first-order chi connectivity index (χ1) is 9.75. The molecular formula is C18H22O2. The molecule has 0 N–H and O–H groups in total. The smallest absolute Gasteiger partial charge is 0.0801 e. The van der Waals surface area contributed by atoms with Crippen molar-refractivity contribution < 1.29 is 9.47 Å². The van der Waals surface area contributed by atoms with E-state index < -0.39 is 0 Å². The summed E-state index contributed by atoms with van der Waals surface area (Å²) in [5, 5.41) is 0. The van der Waals surface area contributed by atoms with Crippen molar-refractivity contribution in [3.63, 3.8) is 0 Å². The van der Waals surface area contributed by atoms with Crippen molar-refractivity contribution >= 4 is 0 Å². The van der Waals surface area contributed by atoms with Crippen LogP contribution in [0.1, 0.15) is 31.1 Å². The van der Waals surface area contributed by atoms with E-state index in [-0.39, 0.29) is 12.2 Å². The van der Waals surface area contributed by atoms with Gasteiger partial charge in [-0.2, -0.15) is 0 Å². The monoisotopic (exact) mass is 270 g/mol. The molecule has 0 saturated heterocycles. The zero-order valence-corrected chi connectivity index (χ0v) is 12.2. The second-order valence-electron chi connectivity index (χ2n) is 5.00. The van der Waals surface area contributed by atoms with E-state index in [4.69, 9.17) is 9.47 Å². The number of hydrogen-bond donors (Lipinski definition) is 0. The highest BCUT2D eigenvalue weighted by Gasteiger charge is 2.10. The molecule has 20 heavy (non-hydrogen) atoms. The maximum absolute atomic E-state index is 5.95. The normalized spacial score (nSPS) is 13.9. The fourth-order valence-corrected chi connectivity index (χ4v) is 2.11.